The molecule has 2 atom stereocenters. The van der Waals surface area contributed by atoms with Crippen LogP contribution in [0.15, 0.2) is 35.5 Å². The lowest BCUT2D eigenvalue weighted by Gasteiger charge is -2.31. The van der Waals surface area contributed by atoms with E-state index >= 15 is 0 Å². The van der Waals surface area contributed by atoms with E-state index < -0.39 is 0 Å². The number of benzene rings is 1. The molecule has 1 aromatic carbocycles. The van der Waals surface area contributed by atoms with E-state index in [9.17, 15) is 4.79 Å². The highest BCUT2D eigenvalue weighted by Gasteiger charge is 2.37. The highest BCUT2D eigenvalue weighted by atomic mass is 35.5. The number of hydrazone groups is 1. The molecule has 110 valence electrons. The molecule has 0 heterocycles. The number of ether oxygens (including phenoxy) is 1. The van der Waals surface area contributed by atoms with Crippen molar-refractivity contribution in [3.05, 3.63) is 40.9 Å². The van der Waals surface area contributed by atoms with Crippen LogP contribution < -0.4 is 10.2 Å². The maximum absolute atomic E-state index is 11.7. The molecule has 0 spiro atoms. The molecule has 0 unspecified atom stereocenters. The van der Waals surface area contributed by atoms with Gasteiger partial charge in [0.25, 0.3) is 5.91 Å². The molecule has 5 heteroatoms. The Morgan fingerprint density at radius 3 is 3.14 bits per heavy atom. The highest BCUT2D eigenvalue weighted by molar-refractivity contribution is 6.30. The summed E-state index contributed by atoms with van der Waals surface area (Å²) in [5, 5.41) is 4.85. The summed E-state index contributed by atoms with van der Waals surface area (Å²) < 4.78 is 5.47. The van der Waals surface area contributed by atoms with Crippen LogP contribution in [0.25, 0.3) is 0 Å². The number of nitrogens with zero attached hydrogens (tertiary/aromatic N) is 1. The molecular weight excluding hydrogens is 288 g/mol. The van der Waals surface area contributed by atoms with Crippen molar-refractivity contribution in [1.29, 1.82) is 0 Å². The predicted molar refractivity (Wildman–Crippen MR) is 82.6 cm³/mol. The Hall–Kier alpha value is -1.81. The SMILES string of the molecule is Cc1cc(Cl)ccc1OCC(=O)N/N=C1/C[C@@H]2C=CC[C@@H]12. The molecule has 1 fully saturated rings. The monoisotopic (exact) mass is 304 g/mol. The first-order chi connectivity index (χ1) is 10.1. The van der Waals surface area contributed by atoms with E-state index in [0.717, 1.165) is 24.1 Å². The van der Waals surface area contributed by atoms with Crippen molar-refractivity contribution in [2.45, 2.75) is 19.8 Å². The first kappa shape index (κ1) is 14.1. The fourth-order valence-electron chi connectivity index (χ4n) is 2.75. The molecule has 1 N–H and O–H groups in total. The summed E-state index contributed by atoms with van der Waals surface area (Å²) in [4.78, 5) is 11.7. The lowest BCUT2D eigenvalue weighted by Crippen LogP contribution is -2.36. The summed E-state index contributed by atoms with van der Waals surface area (Å²) in [5.41, 5.74) is 4.56. The van der Waals surface area contributed by atoms with Gasteiger partial charge in [0.1, 0.15) is 5.75 Å². The minimum absolute atomic E-state index is 0.0500. The standard InChI is InChI=1S/C16H17ClN2O2/c1-10-7-12(17)5-6-15(10)21-9-16(20)19-18-14-8-11-3-2-4-13(11)14/h2-3,5-7,11,13H,4,8-9H2,1H3,(H,19,20)/b18-14-/t11-,13+/m0/s1. The Balaban J connectivity index is 1.47. The lowest BCUT2D eigenvalue weighted by molar-refractivity contribution is -0.123. The van der Waals surface area contributed by atoms with Crippen LogP contribution >= 0.6 is 11.6 Å². The fourth-order valence-corrected chi connectivity index (χ4v) is 2.97. The quantitative estimate of drug-likeness (QED) is 0.686. The van der Waals surface area contributed by atoms with Gasteiger partial charge in [-0.3, -0.25) is 4.79 Å². The van der Waals surface area contributed by atoms with E-state index in [1.165, 1.54) is 0 Å². The van der Waals surface area contributed by atoms with E-state index in [1.807, 2.05) is 6.92 Å². The number of amides is 1. The summed E-state index contributed by atoms with van der Waals surface area (Å²) in [7, 11) is 0. The van der Waals surface area contributed by atoms with Gasteiger partial charge in [-0.15, -0.1) is 0 Å². The van der Waals surface area contributed by atoms with Gasteiger partial charge < -0.3 is 4.74 Å². The van der Waals surface area contributed by atoms with E-state index in [1.54, 1.807) is 18.2 Å². The fraction of sp³-hybridized carbons (Fsp3) is 0.375. The largest absolute Gasteiger partial charge is 0.483 e. The second-order valence-corrected chi connectivity index (χ2v) is 5.91. The van der Waals surface area contributed by atoms with Gasteiger partial charge >= 0.3 is 0 Å². The first-order valence-electron chi connectivity index (χ1n) is 7.04. The minimum Gasteiger partial charge on any atom is -0.483 e. The molecule has 2 aliphatic rings. The van der Waals surface area contributed by atoms with Crippen LogP contribution in [0, 0.1) is 18.8 Å². The van der Waals surface area contributed by atoms with E-state index in [0.29, 0.717) is 22.6 Å². The third-order valence-electron chi connectivity index (χ3n) is 3.98. The van der Waals surface area contributed by atoms with Crippen molar-refractivity contribution in [3.63, 3.8) is 0 Å². The number of carbonyl (C=O) groups excluding carboxylic acids is 1. The Morgan fingerprint density at radius 2 is 2.38 bits per heavy atom. The van der Waals surface area contributed by atoms with Crippen molar-refractivity contribution in [2.75, 3.05) is 6.61 Å². The van der Waals surface area contributed by atoms with Crippen molar-refractivity contribution >= 4 is 23.2 Å². The van der Waals surface area contributed by atoms with Crippen molar-refractivity contribution < 1.29 is 9.53 Å². The molecule has 2 aliphatic carbocycles. The Bertz CT molecular complexity index is 625. The number of aryl methyl sites for hydroxylation is 1. The van der Waals surface area contributed by atoms with Crippen LogP contribution in [0.2, 0.25) is 5.02 Å². The van der Waals surface area contributed by atoms with E-state index in [4.69, 9.17) is 16.3 Å². The van der Waals surface area contributed by atoms with Gasteiger partial charge in [0.2, 0.25) is 0 Å². The number of halogens is 1. The third kappa shape index (κ3) is 3.10. The molecule has 21 heavy (non-hydrogen) atoms. The van der Waals surface area contributed by atoms with Crippen molar-refractivity contribution in [2.24, 2.45) is 16.9 Å². The predicted octanol–water partition coefficient (Wildman–Crippen LogP) is 3.10. The second-order valence-electron chi connectivity index (χ2n) is 5.47. The number of nitrogens with one attached hydrogen (secondary N) is 1. The average molecular weight is 305 g/mol. The first-order valence-corrected chi connectivity index (χ1v) is 7.42. The number of hydrogen-bond donors (Lipinski definition) is 1. The van der Waals surface area contributed by atoms with Crippen LogP contribution in [-0.2, 0) is 4.79 Å². The van der Waals surface area contributed by atoms with Crippen molar-refractivity contribution in [3.8, 4) is 5.75 Å². The molecule has 3 rings (SSSR count). The molecule has 0 bridgehead atoms. The van der Waals surface area contributed by atoms with Gasteiger partial charge in [0.15, 0.2) is 6.61 Å². The normalized spacial score (nSPS) is 24.6. The summed E-state index contributed by atoms with van der Waals surface area (Å²) in [6, 6.07) is 5.30. The number of fused-ring (bicyclic) bond motifs is 1. The number of hydrogen-bond acceptors (Lipinski definition) is 3. The molecule has 0 aromatic heterocycles. The second kappa shape index (κ2) is 5.90. The Kier molecular flexibility index (Phi) is 3.97. The van der Waals surface area contributed by atoms with Crippen LogP contribution in [-0.4, -0.2) is 18.2 Å². The van der Waals surface area contributed by atoms with Gasteiger partial charge in [0, 0.05) is 16.7 Å². The number of carbonyl (C=O) groups is 1. The minimum atomic E-state index is -0.244. The summed E-state index contributed by atoms with van der Waals surface area (Å²) >= 11 is 5.87. The summed E-state index contributed by atoms with van der Waals surface area (Å²) in [6.45, 7) is 1.84. The number of rotatable bonds is 4. The van der Waals surface area contributed by atoms with Crippen LogP contribution in [0.3, 0.4) is 0 Å². The molecule has 4 nitrogen and oxygen atoms in total. The smallest absolute Gasteiger partial charge is 0.277 e. The molecule has 1 aromatic rings. The summed E-state index contributed by atoms with van der Waals surface area (Å²) in [6.07, 6.45) is 6.42. The van der Waals surface area contributed by atoms with Gasteiger partial charge in [-0.1, -0.05) is 23.8 Å². The third-order valence-corrected chi connectivity index (χ3v) is 4.22. The Morgan fingerprint density at radius 1 is 1.52 bits per heavy atom. The van der Waals surface area contributed by atoms with Crippen LogP contribution in [0.5, 0.6) is 5.75 Å². The molecule has 0 aliphatic heterocycles. The van der Waals surface area contributed by atoms with Gasteiger partial charge in [-0.05, 0) is 49.4 Å². The topological polar surface area (TPSA) is 50.7 Å². The highest BCUT2D eigenvalue weighted by Crippen LogP contribution is 2.40. The van der Waals surface area contributed by atoms with Crippen molar-refractivity contribution in [1.82, 2.24) is 5.43 Å². The molecule has 1 saturated carbocycles. The molecule has 0 saturated heterocycles. The maximum Gasteiger partial charge on any atom is 0.277 e. The van der Waals surface area contributed by atoms with Gasteiger partial charge in [-0.2, -0.15) is 5.10 Å². The Labute approximate surface area is 128 Å². The molecular formula is C16H17ClN2O2. The number of allylic oxidation sites excluding steroid dienone is 2. The van der Waals surface area contributed by atoms with Crippen LogP contribution in [0.1, 0.15) is 18.4 Å². The van der Waals surface area contributed by atoms with Gasteiger partial charge in [-0.25, -0.2) is 5.43 Å². The average Bonchev–Trinajstić information content (AvgIpc) is 2.79. The van der Waals surface area contributed by atoms with Gasteiger partial charge in [0.05, 0.1) is 0 Å². The zero-order chi connectivity index (χ0) is 14.8. The zero-order valence-corrected chi connectivity index (χ0v) is 12.6. The molecule has 0 radical (unpaired) electrons. The van der Waals surface area contributed by atoms with Crippen LogP contribution in [0.4, 0.5) is 0 Å². The molecule has 1 amide bonds. The van der Waals surface area contributed by atoms with E-state index in [2.05, 4.69) is 22.7 Å². The maximum atomic E-state index is 11.7. The zero-order valence-electron chi connectivity index (χ0n) is 11.8. The van der Waals surface area contributed by atoms with E-state index in [-0.39, 0.29) is 12.5 Å². The lowest BCUT2D eigenvalue weighted by atomic mass is 9.74. The summed E-state index contributed by atoms with van der Waals surface area (Å²) in [5.74, 6) is 1.55.